The van der Waals surface area contributed by atoms with Gasteiger partial charge in [0.1, 0.15) is 41.7 Å². The number of carbonyl (C=O) groups excluding carboxylic acids is 1. The number of fused-ring (bicyclic) bond motifs is 1. The molecule has 3 aliphatic rings. The number of amides is 1. The fraction of sp³-hybridized carbons (Fsp3) is 0.640. The minimum Gasteiger partial charge on any atom is -0.388 e. The average molecular weight is 511 g/mol. The predicted octanol–water partition coefficient (Wildman–Crippen LogP) is 0.897. The Hall–Kier alpha value is -1.53. The van der Waals surface area contributed by atoms with Crippen molar-refractivity contribution in [3.05, 3.63) is 41.7 Å². The number of thioether (sulfide) groups is 1. The normalized spacial score (nSPS) is 36.3. The van der Waals surface area contributed by atoms with Crippen LogP contribution in [-0.2, 0) is 14.3 Å². The van der Waals surface area contributed by atoms with E-state index in [4.69, 9.17) is 9.47 Å². The van der Waals surface area contributed by atoms with Gasteiger partial charge >= 0.3 is 0 Å². The van der Waals surface area contributed by atoms with E-state index in [9.17, 15) is 24.5 Å². The molecule has 9 atom stereocenters. The largest absolute Gasteiger partial charge is 0.388 e. The van der Waals surface area contributed by atoms with Crippen LogP contribution in [0.25, 0.3) is 5.57 Å². The Morgan fingerprint density at radius 2 is 1.89 bits per heavy atom. The van der Waals surface area contributed by atoms with Gasteiger partial charge < -0.3 is 35.4 Å². The van der Waals surface area contributed by atoms with Gasteiger partial charge in [0.2, 0.25) is 5.91 Å². The Labute approximate surface area is 209 Å². The highest BCUT2D eigenvalue weighted by atomic mass is 32.2. The van der Waals surface area contributed by atoms with Crippen LogP contribution in [0.1, 0.15) is 25.8 Å². The highest BCUT2D eigenvalue weighted by Crippen LogP contribution is 2.32. The standard InChI is InChI=1S/C25H35FN2O6S/c1-12(2)17(23-20(30)19(29)21(31)25(34-23)35-3)28-24(32)18-22-15(11-27-18)10-14(8-9-33-22)13-4-6-16(26)7-5-13/h4-7,10,12,15,17-23,25,27,29-31H,8-9,11H2,1-3H3,(H,28,32)/t15-,17+,18-,19?,20?,21+,22+,23+,25?/m0/s1. The topological polar surface area (TPSA) is 120 Å². The number of nitrogens with one attached hydrogen (secondary N) is 2. The first-order valence-corrected chi connectivity index (χ1v) is 13.3. The fourth-order valence-electron chi connectivity index (χ4n) is 5.16. The van der Waals surface area contributed by atoms with Gasteiger partial charge in [-0.2, -0.15) is 0 Å². The second kappa shape index (κ2) is 11.2. The quantitative estimate of drug-likeness (QED) is 0.383. The van der Waals surface area contributed by atoms with Crippen LogP contribution in [0.4, 0.5) is 4.39 Å². The minimum absolute atomic E-state index is 0.0276. The lowest BCUT2D eigenvalue weighted by molar-refractivity contribution is -0.208. The third-order valence-corrected chi connectivity index (χ3v) is 7.99. The van der Waals surface area contributed by atoms with Crippen molar-refractivity contribution in [3.63, 3.8) is 0 Å². The molecule has 0 saturated carbocycles. The molecule has 0 spiro atoms. The molecule has 1 aromatic carbocycles. The highest BCUT2D eigenvalue weighted by Gasteiger charge is 2.48. The lowest BCUT2D eigenvalue weighted by Gasteiger charge is -2.44. The zero-order valence-electron chi connectivity index (χ0n) is 20.1. The van der Waals surface area contributed by atoms with Crippen LogP contribution < -0.4 is 10.6 Å². The number of hydrogen-bond donors (Lipinski definition) is 5. The summed E-state index contributed by atoms with van der Waals surface area (Å²) in [5.74, 6) is -0.693. The molecule has 0 radical (unpaired) electrons. The monoisotopic (exact) mass is 510 g/mol. The van der Waals surface area contributed by atoms with E-state index in [-0.39, 0.29) is 29.7 Å². The number of aliphatic hydroxyl groups excluding tert-OH is 3. The summed E-state index contributed by atoms with van der Waals surface area (Å²) >= 11 is 1.24. The van der Waals surface area contributed by atoms with E-state index in [0.29, 0.717) is 19.6 Å². The van der Waals surface area contributed by atoms with E-state index < -0.39 is 41.9 Å². The van der Waals surface area contributed by atoms with E-state index in [0.717, 1.165) is 11.1 Å². The van der Waals surface area contributed by atoms with Crippen molar-refractivity contribution < 1.29 is 34.0 Å². The Bertz CT molecular complexity index is 914. The second-order valence-electron chi connectivity index (χ2n) is 9.79. The lowest BCUT2D eigenvalue weighted by atomic mass is 9.88. The molecule has 194 valence electrons. The molecule has 35 heavy (non-hydrogen) atoms. The third-order valence-electron chi connectivity index (χ3n) is 7.14. The second-order valence-corrected chi connectivity index (χ2v) is 10.7. The molecule has 2 fully saturated rings. The summed E-state index contributed by atoms with van der Waals surface area (Å²) < 4.78 is 25.4. The minimum atomic E-state index is -1.38. The van der Waals surface area contributed by atoms with Gasteiger partial charge in [0.05, 0.1) is 18.8 Å². The van der Waals surface area contributed by atoms with Gasteiger partial charge in [-0.25, -0.2) is 4.39 Å². The molecule has 5 N–H and O–H groups in total. The van der Waals surface area contributed by atoms with Crippen molar-refractivity contribution in [2.75, 3.05) is 19.4 Å². The van der Waals surface area contributed by atoms with E-state index in [1.165, 1.54) is 23.9 Å². The number of benzene rings is 1. The molecule has 2 saturated heterocycles. The molecule has 0 aromatic heterocycles. The number of halogens is 1. The molecule has 3 unspecified atom stereocenters. The molecule has 0 bridgehead atoms. The van der Waals surface area contributed by atoms with Gasteiger partial charge in [0.15, 0.2) is 0 Å². The van der Waals surface area contributed by atoms with Crippen LogP contribution in [0, 0.1) is 17.7 Å². The highest BCUT2D eigenvalue weighted by molar-refractivity contribution is 7.99. The zero-order chi connectivity index (χ0) is 25.3. The number of aliphatic hydroxyl groups is 3. The van der Waals surface area contributed by atoms with Gasteiger partial charge in [-0.3, -0.25) is 4.79 Å². The Morgan fingerprint density at radius 1 is 1.17 bits per heavy atom. The predicted molar refractivity (Wildman–Crippen MR) is 131 cm³/mol. The average Bonchev–Trinajstić information content (AvgIpc) is 3.12. The van der Waals surface area contributed by atoms with Crippen LogP contribution in [0.3, 0.4) is 0 Å². The summed E-state index contributed by atoms with van der Waals surface area (Å²) in [6, 6.07) is 5.19. The molecular weight excluding hydrogens is 475 g/mol. The van der Waals surface area contributed by atoms with Crippen molar-refractivity contribution in [2.45, 2.75) is 68.3 Å². The summed E-state index contributed by atoms with van der Waals surface area (Å²) in [7, 11) is 0. The van der Waals surface area contributed by atoms with Crippen molar-refractivity contribution in [1.82, 2.24) is 10.6 Å². The van der Waals surface area contributed by atoms with Crippen LogP contribution in [0.2, 0.25) is 0 Å². The van der Waals surface area contributed by atoms with Crippen LogP contribution in [0.5, 0.6) is 0 Å². The maximum Gasteiger partial charge on any atom is 0.240 e. The van der Waals surface area contributed by atoms with E-state index in [2.05, 4.69) is 16.7 Å². The molecule has 0 aliphatic carbocycles. The molecular formula is C25H35FN2O6S. The number of rotatable bonds is 6. The van der Waals surface area contributed by atoms with E-state index in [1.54, 1.807) is 18.4 Å². The molecule has 3 aliphatic heterocycles. The molecule has 3 heterocycles. The Balaban J connectivity index is 1.47. The molecule has 1 amide bonds. The smallest absolute Gasteiger partial charge is 0.240 e. The van der Waals surface area contributed by atoms with Crippen molar-refractivity contribution in [2.24, 2.45) is 11.8 Å². The molecule has 1 aromatic rings. The summed E-state index contributed by atoms with van der Waals surface area (Å²) in [4.78, 5) is 13.4. The van der Waals surface area contributed by atoms with Crippen molar-refractivity contribution in [1.29, 1.82) is 0 Å². The first kappa shape index (κ1) is 26.5. The molecule has 8 nitrogen and oxygen atoms in total. The van der Waals surface area contributed by atoms with Crippen molar-refractivity contribution >= 4 is 23.2 Å². The number of hydrogen-bond acceptors (Lipinski definition) is 8. The first-order chi connectivity index (χ1) is 16.7. The van der Waals surface area contributed by atoms with E-state index >= 15 is 0 Å². The first-order valence-electron chi connectivity index (χ1n) is 12.1. The fourth-order valence-corrected chi connectivity index (χ4v) is 5.84. The number of ether oxygens (including phenoxy) is 2. The Kier molecular flexibility index (Phi) is 8.53. The summed E-state index contributed by atoms with van der Waals surface area (Å²) in [5, 5.41) is 37.4. The zero-order valence-corrected chi connectivity index (χ0v) is 21.0. The summed E-state index contributed by atoms with van der Waals surface area (Å²) in [6.45, 7) is 4.80. The van der Waals surface area contributed by atoms with Crippen LogP contribution >= 0.6 is 11.8 Å². The molecule has 4 rings (SSSR count). The van der Waals surface area contributed by atoms with Gasteiger partial charge in [-0.15, -0.1) is 11.8 Å². The summed E-state index contributed by atoms with van der Waals surface area (Å²) in [5.41, 5.74) is 1.29. The van der Waals surface area contributed by atoms with Gasteiger partial charge in [-0.1, -0.05) is 32.1 Å². The van der Waals surface area contributed by atoms with Gasteiger partial charge in [0.25, 0.3) is 0 Å². The van der Waals surface area contributed by atoms with Gasteiger partial charge in [-0.05, 0) is 41.9 Å². The van der Waals surface area contributed by atoms with Crippen LogP contribution in [-0.4, -0.2) is 88.7 Å². The SMILES string of the molecule is CSC1O[C@H]([C@H](NC(=O)[C@H]2NC[C@@H]3C=C(c4ccc(F)cc4)CCO[C@@H]23)C(C)C)C(O)C(O)[C@H]1O. The van der Waals surface area contributed by atoms with Crippen LogP contribution in [0.15, 0.2) is 30.3 Å². The maximum absolute atomic E-state index is 13.4. The van der Waals surface area contributed by atoms with Gasteiger partial charge in [0, 0.05) is 12.5 Å². The maximum atomic E-state index is 13.4. The Morgan fingerprint density at radius 3 is 2.54 bits per heavy atom. The molecule has 10 heteroatoms. The lowest BCUT2D eigenvalue weighted by Crippen LogP contribution is -2.65. The third kappa shape index (κ3) is 5.58. The number of carbonyl (C=O) groups is 1. The van der Waals surface area contributed by atoms with E-state index in [1.807, 2.05) is 13.8 Å². The summed E-state index contributed by atoms with van der Waals surface area (Å²) in [6.07, 6.45) is -0.674. The van der Waals surface area contributed by atoms with Crippen molar-refractivity contribution in [3.8, 4) is 0 Å².